The number of rotatable bonds is 3. The molecule has 1 aromatic rings. The first-order valence-corrected chi connectivity index (χ1v) is 5.59. The van der Waals surface area contributed by atoms with Crippen molar-refractivity contribution >= 4 is 0 Å². The zero-order valence-electron chi connectivity index (χ0n) is 10.5. The van der Waals surface area contributed by atoms with Crippen molar-refractivity contribution in [3.05, 3.63) is 34.4 Å². The fourth-order valence-corrected chi connectivity index (χ4v) is 1.73. The van der Waals surface area contributed by atoms with Crippen LogP contribution in [0.4, 0.5) is 0 Å². The van der Waals surface area contributed by atoms with Crippen molar-refractivity contribution in [2.24, 2.45) is 0 Å². The van der Waals surface area contributed by atoms with Gasteiger partial charge in [-0.3, -0.25) is 0 Å². The third-order valence-electron chi connectivity index (χ3n) is 2.96. The predicted molar refractivity (Wildman–Crippen MR) is 65.3 cm³/mol. The number of benzene rings is 1. The summed E-state index contributed by atoms with van der Waals surface area (Å²) < 4.78 is 0. The molecule has 0 unspecified atom stereocenters. The summed E-state index contributed by atoms with van der Waals surface area (Å²) in [6, 6.07) is 4.48. The molecule has 1 nitrogen and oxygen atoms in total. The lowest BCUT2D eigenvalue weighted by Gasteiger charge is -2.18. The lowest BCUT2D eigenvalue weighted by molar-refractivity contribution is 0.0713. The van der Waals surface area contributed by atoms with Crippen molar-refractivity contribution < 1.29 is 5.11 Å². The van der Waals surface area contributed by atoms with Crippen LogP contribution in [0.15, 0.2) is 12.1 Å². The van der Waals surface area contributed by atoms with Gasteiger partial charge in [-0.1, -0.05) is 12.1 Å². The molecule has 15 heavy (non-hydrogen) atoms. The number of hydrogen-bond acceptors (Lipinski definition) is 1. The highest BCUT2D eigenvalue weighted by Gasteiger charge is 2.13. The summed E-state index contributed by atoms with van der Waals surface area (Å²) in [6.07, 6.45) is 1.77. The van der Waals surface area contributed by atoms with E-state index in [1.807, 2.05) is 13.8 Å². The second kappa shape index (κ2) is 4.36. The third kappa shape index (κ3) is 3.67. The predicted octanol–water partition coefficient (Wildman–Crippen LogP) is 3.32. The van der Waals surface area contributed by atoms with Gasteiger partial charge in [-0.2, -0.15) is 0 Å². The molecule has 0 atom stereocenters. The number of aryl methyl sites for hydroxylation is 4. The fourth-order valence-electron chi connectivity index (χ4n) is 1.73. The van der Waals surface area contributed by atoms with E-state index in [1.54, 1.807) is 0 Å². The van der Waals surface area contributed by atoms with Crippen LogP contribution in [0.25, 0.3) is 0 Å². The van der Waals surface area contributed by atoms with E-state index in [9.17, 15) is 5.11 Å². The largest absolute Gasteiger partial charge is 0.390 e. The van der Waals surface area contributed by atoms with Crippen LogP contribution in [-0.4, -0.2) is 10.7 Å². The Morgan fingerprint density at radius 3 is 2.07 bits per heavy atom. The van der Waals surface area contributed by atoms with Crippen LogP contribution in [-0.2, 0) is 6.42 Å². The van der Waals surface area contributed by atoms with Crippen molar-refractivity contribution in [1.29, 1.82) is 0 Å². The molecule has 1 N–H and O–H groups in total. The summed E-state index contributed by atoms with van der Waals surface area (Å²) in [4.78, 5) is 0. The van der Waals surface area contributed by atoms with Gasteiger partial charge in [0.25, 0.3) is 0 Å². The van der Waals surface area contributed by atoms with Crippen molar-refractivity contribution in [1.82, 2.24) is 0 Å². The molecule has 0 radical (unpaired) electrons. The average molecular weight is 206 g/mol. The van der Waals surface area contributed by atoms with Gasteiger partial charge >= 0.3 is 0 Å². The summed E-state index contributed by atoms with van der Waals surface area (Å²) in [5.74, 6) is 0. The van der Waals surface area contributed by atoms with Crippen molar-refractivity contribution in [3.63, 3.8) is 0 Å². The number of hydrogen-bond donors (Lipinski definition) is 1. The molecule has 0 heterocycles. The van der Waals surface area contributed by atoms with Crippen LogP contribution in [0.1, 0.15) is 42.5 Å². The lowest BCUT2D eigenvalue weighted by Crippen LogP contribution is -2.19. The molecule has 0 aliphatic carbocycles. The van der Waals surface area contributed by atoms with E-state index < -0.39 is 5.60 Å². The molecule has 0 fully saturated rings. The molecule has 84 valence electrons. The molecular weight excluding hydrogens is 184 g/mol. The average Bonchev–Trinajstić information content (AvgIpc) is 2.07. The normalized spacial score (nSPS) is 11.9. The summed E-state index contributed by atoms with van der Waals surface area (Å²) in [5.41, 5.74) is 4.82. The van der Waals surface area contributed by atoms with Crippen LogP contribution in [0.5, 0.6) is 0 Å². The molecule has 0 spiro atoms. The first kappa shape index (κ1) is 12.3. The van der Waals surface area contributed by atoms with Gasteiger partial charge in [0.1, 0.15) is 0 Å². The van der Waals surface area contributed by atoms with Gasteiger partial charge in [-0.15, -0.1) is 0 Å². The number of aliphatic hydroxyl groups is 1. The lowest BCUT2D eigenvalue weighted by atomic mass is 9.93. The Hall–Kier alpha value is -0.820. The van der Waals surface area contributed by atoms with Gasteiger partial charge in [0.05, 0.1) is 5.60 Å². The molecular formula is C14H22O. The van der Waals surface area contributed by atoms with Crippen molar-refractivity contribution in [2.45, 2.75) is 53.1 Å². The Morgan fingerprint density at radius 1 is 1.00 bits per heavy atom. The fraction of sp³-hybridized carbons (Fsp3) is 0.571. The Morgan fingerprint density at radius 2 is 1.53 bits per heavy atom. The van der Waals surface area contributed by atoms with Gasteiger partial charge < -0.3 is 5.11 Å². The van der Waals surface area contributed by atoms with Gasteiger partial charge in [0.2, 0.25) is 0 Å². The Balaban J connectivity index is 2.82. The van der Waals surface area contributed by atoms with E-state index in [4.69, 9.17) is 0 Å². The smallest absolute Gasteiger partial charge is 0.0594 e. The molecule has 0 aliphatic heterocycles. The minimum atomic E-state index is -0.564. The first-order valence-electron chi connectivity index (χ1n) is 5.59. The highest BCUT2D eigenvalue weighted by Crippen LogP contribution is 2.19. The summed E-state index contributed by atoms with van der Waals surface area (Å²) >= 11 is 0. The summed E-state index contributed by atoms with van der Waals surface area (Å²) in [5, 5.41) is 9.69. The van der Waals surface area contributed by atoms with Gasteiger partial charge in [0, 0.05) is 0 Å². The van der Waals surface area contributed by atoms with E-state index in [2.05, 4.69) is 32.9 Å². The Labute approximate surface area is 93.1 Å². The van der Waals surface area contributed by atoms with E-state index in [1.165, 1.54) is 22.3 Å². The zero-order chi connectivity index (χ0) is 11.6. The molecule has 1 aromatic carbocycles. The quantitative estimate of drug-likeness (QED) is 0.804. The Kier molecular flexibility index (Phi) is 3.56. The van der Waals surface area contributed by atoms with E-state index in [-0.39, 0.29) is 0 Å². The van der Waals surface area contributed by atoms with Crippen LogP contribution < -0.4 is 0 Å². The third-order valence-corrected chi connectivity index (χ3v) is 2.96. The molecule has 0 saturated carbocycles. The highest BCUT2D eigenvalue weighted by molar-refractivity contribution is 5.36. The minimum Gasteiger partial charge on any atom is -0.390 e. The van der Waals surface area contributed by atoms with Gasteiger partial charge in [-0.05, 0) is 69.7 Å². The standard InChI is InChI=1S/C14H22O/c1-10-8-12(3)13(9-11(10)2)6-7-14(4,5)15/h8-9,15H,6-7H2,1-5H3. The first-order chi connectivity index (χ1) is 6.79. The molecule has 1 rings (SSSR count). The molecule has 0 bridgehead atoms. The van der Waals surface area contributed by atoms with E-state index >= 15 is 0 Å². The molecule has 0 aliphatic rings. The minimum absolute atomic E-state index is 0.564. The van der Waals surface area contributed by atoms with Crippen LogP contribution in [0.2, 0.25) is 0 Å². The second-order valence-electron chi connectivity index (χ2n) is 5.18. The second-order valence-corrected chi connectivity index (χ2v) is 5.18. The maximum Gasteiger partial charge on any atom is 0.0594 e. The van der Waals surface area contributed by atoms with Crippen molar-refractivity contribution in [2.75, 3.05) is 0 Å². The summed E-state index contributed by atoms with van der Waals surface area (Å²) in [7, 11) is 0. The van der Waals surface area contributed by atoms with E-state index in [0.29, 0.717) is 0 Å². The monoisotopic (exact) mass is 206 g/mol. The molecule has 1 heteroatoms. The van der Waals surface area contributed by atoms with Crippen molar-refractivity contribution in [3.8, 4) is 0 Å². The van der Waals surface area contributed by atoms with Crippen LogP contribution >= 0.6 is 0 Å². The molecule has 0 amide bonds. The van der Waals surface area contributed by atoms with E-state index in [0.717, 1.165) is 12.8 Å². The molecule has 0 aromatic heterocycles. The zero-order valence-corrected chi connectivity index (χ0v) is 10.5. The van der Waals surface area contributed by atoms with Crippen LogP contribution in [0.3, 0.4) is 0 Å². The maximum atomic E-state index is 9.69. The van der Waals surface area contributed by atoms with Gasteiger partial charge in [-0.25, -0.2) is 0 Å². The van der Waals surface area contributed by atoms with Gasteiger partial charge in [0.15, 0.2) is 0 Å². The topological polar surface area (TPSA) is 20.2 Å². The Bertz CT molecular complexity index is 345. The highest BCUT2D eigenvalue weighted by atomic mass is 16.3. The van der Waals surface area contributed by atoms with Crippen LogP contribution in [0, 0.1) is 20.8 Å². The SMILES string of the molecule is Cc1cc(C)c(CCC(C)(C)O)cc1C. The summed E-state index contributed by atoms with van der Waals surface area (Å²) in [6.45, 7) is 10.2. The maximum absolute atomic E-state index is 9.69. The molecule has 0 saturated heterocycles.